The van der Waals surface area contributed by atoms with Gasteiger partial charge < -0.3 is 9.88 Å². The zero-order chi connectivity index (χ0) is 14.9. The summed E-state index contributed by atoms with van der Waals surface area (Å²) in [6.45, 7) is 12.3. The quantitative estimate of drug-likeness (QED) is 0.897. The van der Waals surface area contributed by atoms with E-state index in [1.54, 1.807) is 0 Å². The van der Waals surface area contributed by atoms with Gasteiger partial charge in [0.2, 0.25) is 0 Å². The lowest BCUT2D eigenvalue weighted by Gasteiger charge is -2.26. The van der Waals surface area contributed by atoms with Crippen molar-refractivity contribution in [3.63, 3.8) is 0 Å². The number of hydrogen-bond acceptors (Lipinski definition) is 2. The highest BCUT2D eigenvalue weighted by Gasteiger charge is 2.23. The highest BCUT2D eigenvalue weighted by molar-refractivity contribution is 5.21. The maximum absolute atomic E-state index is 12.7. The minimum atomic E-state index is -0.00347. The minimum Gasteiger partial charge on any atom is -0.312 e. The molecular weight excluding hydrogens is 248 g/mol. The number of hydrogen-bond donors (Lipinski definition) is 1. The van der Waals surface area contributed by atoms with E-state index in [9.17, 15) is 4.79 Å². The Morgan fingerprint density at radius 3 is 2.45 bits per heavy atom. The van der Waals surface area contributed by atoms with Crippen LogP contribution in [0.4, 0.5) is 0 Å². The highest BCUT2D eigenvalue weighted by atomic mass is 16.1. The summed E-state index contributed by atoms with van der Waals surface area (Å²) < 4.78 is 1.98. The van der Waals surface area contributed by atoms with Gasteiger partial charge in [0.15, 0.2) is 0 Å². The van der Waals surface area contributed by atoms with E-state index in [1.165, 1.54) is 12.8 Å². The average molecular weight is 276 g/mol. The Bertz CT molecular complexity index is 519. The fraction of sp³-hybridized carbons (Fsp3) is 0.706. The Hall–Kier alpha value is -1.09. The second-order valence-electron chi connectivity index (χ2n) is 7.46. The molecule has 1 saturated carbocycles. The van der Waals surface area contributed by atoms with Crippen LogP contribution in [0, 0.1) is 5.92 Å². The molecule has 20 heavy (non-hydrogen) atoms. The van der Waals surface area contributed by atoms with Gasteiger partial charge in [0, 0.05) is 35.8 Å². The molecule has 0 radical (unpaired) electrons. The summed E-state index contributed by atoms with van der Waals surface area (Å²) >= 11 is 0. The third kappa shape index (κ3) is 3.72. The van der Waals surface area contributed by atoms with Crippen LogP contribution in [0.15, 0.2) is 16.9 Å². The number of rotatable bonds is 5. The van der Waals surface area contributed by atoms with Crippen molar-refractivity contribution in [1.29, 1.82) is 0 Å². The van der Waals surface area contributed by atoms with E-state index in [2.05, 4.69) is 46.0 Å². The predicted octanol–water partition coefficient (Wildman–Crippen LogP) is 3.05. The maximum Gasteiger partial charge on any atom is 0.255 e. The van der Waals surface area contributed by atoms with E-state index in [0.717, 1.165) is 17.8 Å². The van der Waals surface area contributed by atoms with Crippen LogP contribution in [0.5, 0.6) is 0 Å². The number of nitrogens with zero attached hydrogens (tertiary/aromatic N) is 1. The first kappa shape index (κ1) is 15.3. The Balaban J connectivity index is 2.34. The van der Waals surface area contributed by atoms with Gasteiger partial charge in [-0.3, -0.25) is 4.79 Å². The molecule has 0 spiro atoms. The van der Waals surface area contributed by atoms with Gasteiger partial charge in [-0.05, 0) is 24.8 Å². The molecule has 1 heterocycles. The van der Waals surface area contributed by atoms with Gasteiger partial charge in [-0.2, -0.15) is 0 Å². The molecule has 3 nitrogen and oxygen atoms in total. The molecule has 3 heteroatoms. The number of pyridine rings is 1. The van der Waals surface area contributed by atoms with Crippen LogP contribution in [0.1, 0.15) is 58.7 Å². The first-order chi connectivity index (χ1) is 9.29. The zero-order valence-electron chi connectivity index (χ0n) is 13.5. The van der Waals surface area contributed by atoms with Crippen molar-refractivity contribution in [2.75, 3.05) is 0 Å². The van der Waals surface area contributed by atoms with Crippen LogP contribution in [0.3, 0.4) is 0 Å². The fourth-order valence-corrected chi connectivity index (χ4v) is 2.50. The molecule has 1 aliphatic carbocycles. The summed E-state index contributed by atoms with van der Waals surface area (Å²) in [6.07, 6.45) is 2.50. The normalized spacial score (nSPS) is 15.9. The van der Waals surface area contributed by atoms with Crippen LogP contribution in [-0.4, -0.2) is 10.6 Å². The zero-order valence-corrected chi connectivity index (χ0v) is 13.5. The Morgan fingerprint density at radius 1 is 1.30 bits per heavy atom. The van der Waals surface area contributed by atoms with Gasteiger partial charge in [0.25, 0.3) is 5.56 Å². The molecule has 112 valence electrons. The van der Waals surface area contributed by atoms with Crippen molar-refractivity contribution < 1.29 is 0 Å². The molecule has 0 amide bonds. The van der Waals surface area contributed by atoms with E-state index in [1.807, 2.05) is 10.6 Å². The van der Waals surface area contributed by atoms with Crippen molar-refractivity contribution in [2.24, 2.45) is 5.92 Å². The molecule has 0 saturated heterocycles. The van der Waals surface area contributed by atoms with Crippen molar-refractivity contribution in [3.8, 4) is 0 Å². The highest BCUT2D eigenvalue weighted by Crippen LogP contribution is 2.22. The number of aromatic nitrogens is 1. The molecule has 2 rings (SSSR count). The van der Waals surface area contributed by atoms with E-state index >= 15 is 0 Å². The fourth-order valence-electron chi connectivity index (χ4n) is 2.50. The summed E-state index contributed by atoms with van der Waals surface area (Å²) in [5, 5.41) is 3.44. The summed E-state index contributed by atoms with van der Waals surface area (Å²) in [7, 11) is 0. The summed E-state index contributed by atoms with van der Waals surface area (Å²) in [6, 6.07) is 4.78. The van der Waals surface area contributed by atoms with Crippen LogP contribution in [0.25, 0.3) is 0 Å². The largest absolute Gasteiger partial charge is 0.312 e. The van der Waals surface area contributed by atoms with E-state index in [-0.39, 0.29) is 11.0 Å². The molecule has 1 aromatic rings. The second kappa shape index (κ2) is 5.72. The standard InChI is InChI=1S/C17H28N2O/c1-12(2)11-19-15(17(3,4)5)9-6-13(16(19)20)10-18-14-7-8-14/h6,9,12,14,18H,7-8,10-11H2,1-5H3. The molecule has 0 unspecified atom stereocenters. The van der Waals surface area contributed by atoms with E-state index < -0.39 is 0 Å². The van der Waals surface area contributed by atoms with Crippen LogP contribution in [0.2, 0.25) is 0 Å². The maximum atomic E-state index is 12.7. The molecule has 1 N–H and O–H groups in total. The average Bonchev–Trinajstić information content (AvgIpc) is 3.12. The van der Waals surface area contributed by atoms with Gasteiger partial charge in [-0.25, -0.2) is 0 Å². The SMILES string of the molecule is CC(C)Cn1c(C(C)(C)C)ccc(CNC2CC2)c1=O. The molecule has 0 atom stereocenters. The molecule has 1 aliphatic rings. The van der Waals surface area contributed by atoms with Crippen molar-refractivity contribution >= 4 is 0 Å². The topological polar surface area (TPSA) is 34.0 Å². The molecule has 1 aromatic heterocycles. The van der Waals surface area contributed by atoms with Crippen molar-refractivity contribution in [1.82, 2.24) is 9.88 Å². The molecular formula is C17H28N2O. The lowest BCUT2D eigenvalue weighted by molar-refractivity contribution is 0.444. The van der Waals surface area contributed by atoms with Crippen molar-refractivity contribution in [3.05, 3.63) is 33.7 Å². The number of nitrogens with one attached hydrogen (secondary N) is 1. The first-order valence-electron chi connectivity index (χ1n) is 7.75. The van der Waals surface area contributed by atoms with Gasteiger partial charge in [0.1, 0.15) is 0 Å². The second-order valence-corrected chi connectivity index (χ2v) is 7.46. The van der Waals surface area contributed by atoms with Crippen molar-refractivity contribution in [2.45, 2.75) is 72.0 Å². The molecule has 0 aromatic carbocycles. The summed E-state index contributed by atoms with van der Waals surface area (Å²) in [5.41, 5.74) is 2.20. The molecule has 0 aliphatic heterocycles. The Kier molecular flexibility index (Phi) is 4.38. The summed E-state index contributed by atoms with van der Waals surface area (Å²) in [4.78, 5) is 12.7. The lowest BCUT2D eigenvalue weighted by atomic mass is 9.90. The lowest BCUT2D eigenvalue weighted by Crippen LogP contribution is -2.34. The van der Waals surface area contributed by atoms with Crippen LogP contribution >= 0.6 is 0 Å². The van der Waals surface area contributed by atoms with Gasteiger partial charge >= 0.3 is 0 Å². The third-order valence-corrected chi connectivity index (χ3v) is 3.73. The van der Waals surface area contributed by atoms with Gasteiger partial charge in [-0.15, -0.1) is 0 Å². The monoisotopic (exact) mass is 276 g/mol. The van der Waals surface area contributed by atoms with Crippen LogP contribution < -0.4 is 10.9 Å². The van der Waals surface area contributed by atoms with Crippen LogP contribution in [-0.2, 0) is 18.5 Å². The summed E-state index contributed by atoms with van der Waals surface area (Å²) in [5.74, 6) is 0.473. The molecule has 0 bridgehead atoms. The van der Waals surface area contributed by atoms with Gasteiger partial charge in [0.05, 0.1) is 0 Å². The molecule has 1 fully saturated rings. The van der Waals surface area contributed by atoms with E-state index in [0.29, 0.717) is 18.5 Å². The third-order valence-electron chi connectivity index (χ3n) is 3.73. The Labute approximate surface area is 122 Å². The smallest absolute Gasteiger partial charge is 0.255 e. The van der Waals surface area contributed by atoms with E-state index in [4.69, 9.17) is 0 Å². The predicted molar refractivity (Wildman–Crippen MR) is 84.1 cm³/mol. The Morgan fingerprint density at radius 2 is 1.95 bits per heavy atom. The van der Waals surface area contributed by atoms with Gasteiger partial charge in [-0.1, -0.05) is 40.7 Å². The minimum absolute atomic E-state index is 0.00347. The first-order valence-corrected chi connectivity index (χ1v) is 7.75.